The number of carbonyl (C=O) groups is 2. The summed E-state index contributed by atoms with van der Waals surface area (Å²) in [5.74, 6) is -0.0203. The Balaban J connectivity index is 1.92. The van der Waals surface area contributed by atoms with E-state index in [1.165, 1.54) is 11.8 Å². The van der Waals surface area contributed by atoms with Crippen molar-refractivity contribution in [3.8, 4) is 0 Å². The number of aromatic nitrogens is 1. The molecule has 0 bridgehead atoms. The van der Waals surface area contributed by atoms with Gasteiger partial charge >= 0.3 is 11.8 Å². The Hall–Kier alpha value is -2.89. The molecule has 6 nitrogen and oxygen atoms in total. The van der Waals surface area contributed by atoms with Gasteiger partial charge in [-0.25, -0.2) is 4.98 Å². The van der Waals surface area contributed by atoms with Crippen LogP contribution in [0.25, 0.3) is 0 Å². The van der Waals surface area contributed by atoms with E-state index in [1.54, 1.807) is 12.1 Å². The molecular weight excluding hydrogens is 340 g/mol. The third-order valence-electron chi connectivity index (χ3n) is 4.14. The maximum Gasteiger partial charge on any atom is 0.313 e. The minimum Gasteiger partial charge on any atom is -0.363 e. The maximum atomic E-state index is 12.2. The lowest BCUT2D eigenvalue weighted by Gasteiger charge is -2.15. The molecule has 1 aromatic carbocycles. The molecular formula is C21H28N4O2. The van der Waals surface area contributed by atoms with Crippen molar-refractivity contribution in [2.45, 2.75) is 33.2 Å². The number of carbonyl (C=O) groups excluding carboxylic acids is 2. The summed E-state index contributed by atoms with van der Waals surface area (Å²) in [5, 5.41) is 5.29. The van der Waals surface area contributed by atoms with Crippen LogP contribution in [-0.4, -0.2) is 30.9 Å². The Morgan fingerprint density at radius 1 is 1.00 bits per heavy atom. The van der Waals surface area contributed by atoms with Gasteiger partial charge in [0, 0.05) is 14.1 Å². The molecule has 1 atom stereocenters. The summed E-state index contributed by atoms with van der Waals surface area (Å²) < 4.78 is 0. The van der Waals surface area contributed by atoms with E-state index in [2.05, 4.69) is 41.6 Å². The predicted molar refractivity (Wildman–Crippen MR) is 109 cm³/mol. The lowest BCUT2D eigenvalue weighted by molar-refractivity contribution is -0.136. The van der Waals surface area contributed by atoms with E-state index in [-0.39, 0.29) is 6.04 Å². The molecule has 0 aliphatic heterocycles. The van der Waals surface area contributed by atoms with Crippen molar-refractivity contribution in [1.29, 1.82) is 0 Å². The maximum absolute atomic E-state index is 12.2. The van der Waals surface area contributed by atoms with Crippen LogP contribution in [0, 0.1) is 5.92 Å². The quantitative estimate of drug-likeness (QED) is 0.768. The summed E-state index contributed by atoms with van der Waals surface area (Å²) in [6.07, 6.45) is 2.54. The van der Waals surface area contributed by atoms with Gasteiger partial charge in [-0.2, -0.15) is 0 Å². The Morgan fingerprint density at radius 2 is 1.67 bits per heavy atom. The van der Waals surface area contributed by atoms with Crippen LogP contribution in [0.3, 0.4) is 0 Å². The Bertz CT molecular complexity index is 768. The highest BCUT2D eigenvalue weighted by atomic mass is 16.2. The van der Waals surface area contributed by atoms with Gasteiger partial charge in [0.2, 0.25) is 0 Å². The summed E-state index contributed by atoms with van der Waals surface area (Å²) in [6, 6.07) is 11.3. The normalized spacial score (nSPS) is 11.8. The summed E-state index contributed by atoms with van der Waals surface area (Å²) in [6.45, 7) is 6.22. The molecule has 0 saturated carbocycles. The van der Waals surface area contributed by atoms with Crippen LogP contribution >= 0.6 is 0 Å². The molecule has 0 aliphatic carbocycles. The molecule has 1 aromatic heterocycles. The van der Waals surface area contributed by atoms with E-state index in [4.69, 9.17) is 0 Å². The second-order valence-corrected chi connectivity index (χ2v) is 7.29. The fraction of sp³-hybridized carbons (Fsp3) is 0.381. The number of nitrogens with one attached hydrogen (secondary N) is 2. The zero-order chi connectivity index (χ0) is 20.0. The lowest BCUT2D eigenvalue weighted by Crippen LogP contribution is -2.36. The second kappa shape index (κ2) is 9.16. The second-order valence-electron chi connectivity index (χ2n) is 7.29. The molecule has 0 fully saturated rings. The van der Waals surface area contributed by atoms with E-state index < -0.39 is 11.8 Å². The lowest BCUT2D eigenvalue weighted by atomic mass is 10.00. The standard InChI is InChI=1S/C21H28N4O2/c1-14(2)12-16-6-8-17(9-7-16)15(3)23-20(26)21(27)24-18-10-11-19(22-13-18)25(4)5/h6-11,13-15H,12H2,1-5H3,(H,23,26)(H,24,27). The van der Waals surface area contributed by atoms with E-state index in [9.17, 15) is 9.59 Å². The average molecular weight is 368 g/mol. The molecule has 0 saturated heterocycles. The van der Waals surface area contributed by atoms with Gasteiger partial charge in [-0.15, -0.1) is 0 Å². The van der Waals surface area contributed by atoms with Gasteiger partial charge < -0.3 is 15.5 Å². The van der Waals surface area contributed by atoms with Gasteiger partial charge in [0.25, 0.3) is 0 Å². The number of anilines is 2. The van der Waals surface area contributed by atoms with E-state index in [0.29, 0.717) is 11.6 Å². The topological polar surface area (TPSA) is 74.3 Å². The number of benzene rings is 1. The highest BCUT2D eigenvalue weighted by Gasteiger charge is 2.17. The zero-order valence-corrected chi connectivity index (χ0v) is 16.6. The number of hydrogen-bond donors (Lipinski definition) is 2. The van der Waals surface area contributed by atoms with Gasteiger partial charge in [-0.05, 0) is 42.5 Å². The third kappa shape index (κ3) is 6.09. The number of nitrogens with zero attached hydrogens (tertiary/aromatic N) is 2. The van der Waals surface area contributed by atoms with E-state index in [0.717, 1.165) is 17.8 Å². The van der Waals surface area contributed by atoms with Gasteiger partial charge in [-0.1, -0.05) is 38.1 Å². The number of hydrogen-bond acceptors (Lipinski definition) is 4. The Kier molecular flexibility index (Phi) is 6.93. The van der Waals surface area contributed by atoms with Crippen LogP contribution < -0.4 is 15.5 Å². The number of amides is 2. The summed E-state index contributed by atoms with van der Waals surface area (Å²) in [5.41, 5.74) is 2.70. The van der Waals surface area contributed by atoms with Crippen LogP contribution in [0.4, 0.5) is 11.5 Å². The SMILES string of the molecule is CC(C)Cc1ccc(C(C)NC(=O)C(=O)Nc2ccc(N(C)C)nc2)cc1. The minimum atomic E-state index is -0.710. The molecule has 6 heteroatoms. The molecule has 1 heterocycles. The molecule has 0 spiro atoms. The first-order chi connectivity index (χ1) is 12.8. The summed E-state index contributed by atoms with van der Waals surface area (Å²) in [4.78, 5) is 30.3. The monoisotopic (exact) mass is 368 g/mol. The number of rotatable bonds is 6. The fourth-order valence-corrected chi connectivity index (χ4v) is 2.67. The van der Waals surface area contributed by atoms with Crippen molar-refractivity contribution in [3.63, 3.8) is 0 Å². The first-order valence-electron chi connectivity index (χ1n) is 9.10. The predicted octanol–water partition coefficient (Wildman–Crippen LogP) is 3.16. The van der Waals surface area contributed by atoms with Gasteiger partial charge in [-0.3, -0.25) is 9.59 Å². The van der Waals surface area contributed by atoms with Gasteiger partial charge in [0.15, 0.2) is 0 Å². The van der Waals surface area contributed by atoms with E-state index >= 15 is 0 Å². The molecule has 1 unspecified atom stereocenters. The van der Waals surface area contributed by atoms with Crippen LogP contribution in [0.5, 0.6) is 0 Å². The first-order valence-corrected chi connectivity index (χ1v) is 9.10. The highest BCUT2D eigenvalue weighted by molar-refractivity contribution is 6.39. The van der Waals surface area contributed by atoms with Crippen molar-refractivity contribution in [1.82, 2.24) is 10.3 Å². The van der Waals surface area contributed by atoms with Crippen molar-refractivity contribution in [2.24, 2.45) is 5.92 Å². The van der Waals surface area contributed by atoms with Gasteiger partial charge in [0.05, 0.1) is 17.9 Å². The molecule has 2 N–H and O–H groups in total. The highest BCUT2D eigenvalue weighted by Crippen LogP contribution is 2.16. The molecule has 2 aromatic rings. The van der Waals surface area contributed by atoms with Crippen LogP contribution in [0.2, 0.25) is 0 Å². The fourth-order valence-electron chi connectivity index (χ4n) is 2.67. The minimum absolute atomic E-state index is 0.259. The van der Waals surface area contributed by atoms with Crippen LogP contribution in [0.1, 0.15) is 37.9 Å². The zero-order valence-electron chi connectivity index (χ0n) is 16.6. The Labute approximate surface area is 161 Å². The molecule has 144 valence electrons. The first kappa shape index (κ1) is 20.4. The van der Waals surface area contributed by atoms with E-state index in [1.807, 2.05) is 38.1 Å². The molecule has 27 heavy (non-hydrogen) atoms. The smallest absolute Gasteiger partial charge is 0.313 e. The number of pyridine rings is 1. The van der Waals surface area contributed by atoms with Crippen molar-refractivity contribution in [2.75, 3.05) is 24.3 Å². The third-order valence-corrected chi connectivity index (χ3v) is 4.14. The van der Waals surface area contributed by atoms with Crippen LogP contribution in [-0.2, 0) is 16.0 Å². The average Bonchev–Trinajstić information content (AvgIpc) is 2.62. The van der Waals surface area contributed by atoms with Crippen molar-refractivity contribution >= 4 is 23.3 Å². The largest absolute Gasteiger partial charge is 0.363 e. The molecule has 0 aliphatic rings. The summed E-state index contributed by atoms with van der Waals surface area (Å²) in [7, 11) is 3.76. The molecule has 2 rings (SSSR count). The van der Waals surface area contributed by atoms with Crippen molar-refractivity contribution < 1.29 is 9.59 Å². The summed E-state index contributed by atoms with van der Waals surface area (Å²) >= 11 is 0. The molecule has 2 amide bonds. The van der Waals surface area contributed by atoms with Crippen LogP contribution in [0.15, 0.2) is 42.6 Å². The Morgan fingerprint density at radius 3 is 2.19 bits per heavy atom. The molecule has 0 radical (unpaired) electrons. The van der Waals surface area contributed by atoms with Crippen molar-refractivity contribution in [3.05, 3.63) is 53.7 Å². The van der Waals surface area contributed by atoms with Gasteiger partial charge in [0.1, 0.15) is 5.82 Å².